The third-order valence-electron chi connectivity index (χ3n) is 2.66. The minimum absolute atomic E-state index is 0.292. The SMILES string of the molecule is O/C(=C\C=C/Cc1ccccc1)c1ccccc1. The molecule has 18 heavy (non-hydrogen) atoms. The van der Waals surface area contributed by atoms with E-state index in [9.17, 15) is 5.11 Å². The average Bonchev–Trinajstić information content (AvgIpc) is 2.45. The number of allylic oxidation sites excluding steroid dienone is 3. The standard InChI is InChI=1S/C17H16O/c18-17(16-12-5-2-6-13-16)14-8-7-11-15-9-3-1-4-10-15/h1-10,12-14,18H,11H2/b8-7-,17-14-. The van der Waals surface area contributed by atoms with Gasteiger partial charge in [0.15, 0.2) is 0 Å². The smallest absolute Gasteiger partial charge is 0.122 e. The molecule has 0 saturated carbocycles. The average molecular weight is 236 g/mol. The highest BCUT2D eigenvalue weighted by atomic mass is 16.3. The first-order valence-electron chi connectivity index (χ1n) is 6.01. The lowest BCUT2D eigenvalue weighted by Gasteiger charge is -1.97. The van der Waals surface area contributed by atoms with Crippen molar-refractivity contribution in [3.8, 4) is 0 Å². The monoisotopic (exact) mass is 236 g/mol. The Morgan fingerprint density at radius 2 is 1.50 bits per heavy atom. The minimum Gasteiger partial charge on any atom is -0.507 e. The molecule has 90 valence electrons. The van der Waals surface area contributed by atoms with Gasteiger partial charge < -0.3 is 5.11 Å². The van der Waals surface area contributed by atoms with Crippen molar-refractivity contribution in [2.75, 3.05) is 0 Å². The molecule has 0 spiro atoms. The molecule has 0 aliphatic rings. The normalized spacial score (nSPS) is 11.9. The summed E-state index contributed by atoms with van der Waals surface area (Å²) in [7, 11) is 0. The molecule has 0 fully saturated rings. The third kappa shape index (κ3) is 3.63. The van der Waals surface area contributed by atoms with E-state index >= 15 is 0 Å². The van der Waals surface area contributed by atoms with Crippen molar-refractivity contribution in [3.05, 3.63) is 90.0 Å². The highest BCUT2D eigenvalue weighted by molar-refractivity contribution is 5.59. The fraction of sp³-hybridized carbons (Fsp3) is 0.0588. The molecule has 2 aromatic carbocycles. The van der Waals surface area contributed by atoms with Gasteiger partial charge >= 0.3 is 0 Å². The summed E-state index contributed by atoms with van der Waals surface area (Å²) in [6.07, 6.45) is 6.52. The van der Waals surface area contributed by atoms with Gasteiger partial charge in [0.2, 0.25) is 0 Å². The van der Waals surface area contributed by atoms with E-state index in [0.29, 0.717) is 5.76 Å². The Kier molecular flexibility index (Phi) is 4.37. The highest BCUT2D eigenvalue weighted by Gasteiger charge is 1.93. The van der Waals surface area contributed by atoms with Gasteiger partial charge in [-0.3, -0.25) is 0 Å². The maximum atomic E-state index is 9.83. The van der Waals surface area contributed by atoms with E-state index in [1.54, 1.807) is 6.08 Å². The first-order chi connectivity index (χ1) is 8.86. The molecule has 0 amide bonds. The third-order valence-corrected chi connectivity index (χ3v) is 2.66. The van der Waals surface area contributed by atoms with E-state index in [2.05, 4.69) is 12.1 Å². The number of hydrogen-bond acceptors (Lipinski definition) is 1. The Hall–Kier alpha value is -2.28. The Bertz CT molecular complexity index is 524. The summed E-state index contributed by atoms with van der Waals surface area (Å²) in [6.45, 7) is 0. The predicted octanol–water partition coefficient (Wildman–Crippen LogP) is 4.38. The van der Waals surface area contributed by atoms with E-state index in [1.807, 2.05) is 60.7 Å². The van der Waals surface area contributed by atoms with Gasteiger partial charge in [0.25, 0.3) is 0 Å². The molecule has 0 atom stereocenters. The van der Waals surface area contributed by atoms with Crippen LogP contribution in [0.3, 0.4) is 0 Å². The summed E-state index contributed by atoms with van der Waals surface area (Å²) in [4.78, 5) is 0. The second-order valence-corrected chi connectivity index (χ2v) is 4.04. The summed E-state index contributed by atoms with van der Waals surface area (Å²) >= 11 is 0. The Labute approximate surface area is 108 Å². The molecule has 0 saturated heterocycles. The van der Waals surface area contributed by atoms with E-state index in [-0.39, 0.29) is 0 Å². The van der Waals surface area contributed by atoms with E-state index < -0.39 is 0 Å². The zero-order chi connectivity index (χ0) is 12.6. The van der Waals surface area contributed by atoms with Gasteiger partial charge in [0, 0.05) is 5.56 Å². The zero-order valence-corrected chi connectivity index (χ0v) is 10.2. The second-order valence-electron chi connectivity index (χ2n) is 4.04. The lowest BCUT2D eigenvalue weighted by molar-refractivity contribution is 0.512. The maximum absolute atomic E-state index is 9.83. The molecule has 1 N–H and O–H groups in total. The number of aliphatic hydroxyl groups excluding tert-OH is 1. The molecular formula is C17H16O. The lowest BCUT2D eigenvalue weighted by Crippen LogP contribution is -1.81. The van der Waals surface area contributed by atoms with Crippen LogP contribution in [0.5, 0.6) is 0 Å². The van der Waals surface area contributed by atoms with Crippen molar-refractivity contribution in [3.63, 3.8) is 0 Å². The molecule has 0 radical (unpaired) electrons. The van der Waals surface area contributed by atoms with Gasteiger partial charge in [0.1, 0.15) is 5.76 Å². The fourth-order valence-corrected chi connectivity index (χ4v) is 1.68. The number of rotatable bonds is 4. The van der Waals surface area contributed by atoms with E-state index in [1.165, 1.54) is 5.56 Å². The minimum atomic E-state index is 0.292. The largest absolute Gasteiger partial charge is 0.507 e. The molecule has 0 aromatic heterocycles. The van der Waals surface area contributed by atoms with E-state index in [4.69, 9.17) is 0 Å². The summed E-state index contributed by atoms with van der Waals surface area (Å²) in [5, 5.41) is 9.83. The van der Waals surface area contributed by atoms with Crippen molar-refractivity contribution in [2.24, 2.45) is 0 Å². The molecule has 0 unspecified atom stereocenters. The Morgan fingerprint density at radius 3 is 2.17 bits per heavy atom. The second kappa shape index (κ2) is 6.45. The van der Waals surface area contributed by atoms with E-state index in [0.717, 1.165) is 12.0 Å². The van der Waals surface area contributed by atoms with Gasteiger partial charge in [-0.2, -0.15) is 0 Å². The van der Waals surface area contributed by atoms with Crippen LogP contribution in [0.2, 0.25) is 0 Å². The predicted molar refractivity (Wildman–Crippen MR) is 76.3 cm³/mol. The van der Waals surface area contributed by atoms with Crippen molar-refractivity contribution < 1.29 is 5.11 Å². The topological polar surface area (TPSA) is 20.2 Å². The van der Waals surface area contributed by atoms with Crippen molar-refractivity contribution in [2.45, 2.75) is 6.42 Å². The number of hydrogen-bond donors (Lipinski definition) is 1. The Morgan fingerprint density at radius 1 is 0.889 bits per heavy atom. The summed E-state index contributed by atoms with van der Waals surface area (Å²) < 4.78 is 0. The molecule has 0 bridgehead atoms. The molecule has 0 aliphatic carbocycles. The first kappa shape index (κ1) is 12.2. The van der Waals surface area contributed by atoms with Crippen LogP contribution in [-0.2, 0) is 6.42 Å². The van der Waals surface area contributed by atoms with Crippen LogP contribution in [-0.4, -0.2) is 5.11 Å². The number of benzene rings is 2. The highest BCUT2D eigenvalue weighted by Crippen LogP contribution is 2.10. The van der Waals surface area contributed by atoms with Gasteiger partial charge in [-0.25, -0.2) is 0 Å². The van der Waals surface area contributed by atoms with Crippen LogP contribution in [0, 0.1) is 0 Å². The summed E-state index contributed by atoms with van der Waals surface area (Å²) in [6, 6.07) is 19.8. The van der Waals surface area contributed by atoms with Crippen molar-refractivity contribution >= 4 is 5.76 Å². The van der Waals surface area contributed by atoms with Crippen LogP contribution in [0.1, 0.15) is 11.1 Å². The van der Waals surface area contributed by atoms with Gasteiger partial charge in [-0.1, -0.05) is 72.8 Å². The quantitative estimate of drug-likeness (QED) is 0.616. The molecular weight excluding hydrogens is 220 g/mol. The van der Waals surface area contributed by atoms with Crippen LogP contribution in [0.4, 0.5) is 0 Å². The van der Waals surface area contributed by atoms with Crippen molar-refractivity contribution in [1.82, 2.24) is 0 Å². The summed E-state index contributed by atoms with van der Waals surface area (Å²) in [5.74, 6) is 0.292. The Balaban J connectivity index is 1.95. The van der Waals surface area contributed by atoms with Gasteiger partial charge in [-0.15, -0.1) is 0 Å². The van der Waals surface area contributed by atoms with Crippen LogP contribution < -0.4 is 0 Å². The van der Waals surface area contributed by atoms with Gasteiger partial charge in [0.05, 0.1) is 0 Å². The van der Waals surface area contributed by atoms with Gasteiger partial charge in [-0.05, 0) is 18.1 Å². The lowest BCUT2D eigenvalue weighted by atomic mass is 10.1. The number of aliphatic hydroxyl groups is 1. The molecule has 2 aromatic rings. The molecule has 0 heterocycles. The molecule has 1 heteroatoms. The van der Waals surface area contributed by atoms with Crippen molar-refractivity contribution in [1.29, 1.82) is 0 Å². The fourth-order valence-electron chi connectivity index (χ4n) is 1.68. The zero-order valence-electron chi connectivity index (χ0n) is 10.2. The summed E-state index contributed by atoms with van der Waals surface area (Å²) in [5.41, 5.74) is 2.10. The molecule has 2 rings (SSSR count). The molecule has 1 nitrogen and oxygen atoms in total. The van der Waals surface area contributed by atoms with Crippen LogP contribution >= 0.6 is 0 Å². The van der Waals surface area contributed by atoms with Crippen LogP contribution in [0.15, 0.2) is 78.9 Å². The first-order valence-corrected chi connectivity index (χ1v) is 6.01. The van der Waals surface area contributed by atoms with Crippen LogP contribution in [0.25, 0.3) is 5.76 Å². The maximum Gasteiger partial charge on any atom is 0.122 e. The molecule has 0 aliphatic heterocycles.